The highest BCUT2D eigenvalue weighted by Gasteiger charge is 2.27. The van der Waals surface area contributed by atoms with Crippen molar-refractivity contribution in [2.45, 2.75) is 63.6 Å². The lowest BCUT2D eigenvalue weighted by molar-refractivity contribution is 0.150. The summed E-state index contributed by atoms with van der Waals surface area (Å²) in [5, 5.41) is 17.6. The predicted octanol–water partition coefficient (Wildman–Crippen LogP) is 2.70. The first-order valence-corrected chi connectivity index (χ1v) is 11.3. The number of aliphatic hydroxyl groups is 1. The average molecular weight is 419 g/mol. The highest BCUT2D eigenvalue weighted by atomic mass is 16.5. The van der Waals surface area contributed by atoms with Crippen LogP contribution in [0.1, 0.15) is 57.1 Å². The summed E-state index contributed by atoms with van der Waals surface area (Å²) in [7, 11) is 3.21. The highest BCUT2D eigenvalue weighted by molar-refractivity contribution is 5.80. The Hall–Kier alpha value is -1.99. The van der Waals surface area contributed by atoms with Crippen LogP contribution in [0.5, 0.6) is 11.5 Å². The van der Waals surface area contributed by atoms with E-state index in [-0.39, 0.29) is 6.54 Å². The molecule has 0 aromatic heterocycles. The number of aliphatic imine (C=N–C) groups is 1. The summed E-state index contributed by atoms with van der Waals surface area (Å²) in [4.78, 5) is 7.32. The van der Waals surface area contributed by atoms with E-state index in [2.05, 4.69) is 27.4 Å². The number of rotatable bonds is 8. The minimum atomic E-state index is -0.769. The van der Waals surface area contributed by atoms with Crippen LogP contribution in [0.3, 0.4) is 0 Å². The van der Waals surface area contributed by atoms with Crippen LogP contribution in [0.2, 0.25) is 0 Å². The molecular weight excluding hydrogens is 380 g/mol. The third-order valence-corrected chi connectivity index (χ3v) is 6.27. The molecule has 2 aliphatic rings. The van der Waals surface area contributed by atoms with Crippen molar-refractivity contribution in [2.75, 3.05) is 40.4 Å². The molecule has 1 saturated heterocycles. The van der Waals surface area contributed by atoms with Gasteiger partial charge in [-0.1, -0.05) is 12.8 Å². The van der Waals surface area contributed by atoms with Crippen molar-refractivity contribution in [1.82, 2.24) is 15.5 Å². The topological polar surface area (TPSA) is 78.4 Å². The molecule has 1 aromatic carbocycles. The number of methoxy groups -OCH3 is 2. The Morgan fingerprint density at radius 1 is 1.17 bits per heavy atom. The van der Waals surface area contributed by atoms with Crippen molar-refractivity contribution < 1.29 is 14.6 Å². The lowest BCUT2D eigenvalue weighted by atomic mass is 10.0. The summed E-state index contributed by atoms with van der Waals surface area (Å²) >= 11 is 0. The van der Waals surface area contributed by atoms with Crippen molar-refractivity contribution in [1.29, 1.82) is 0 Å². The Morgan fingerprint density at radius 3 is 2.53 bits per heavy atom. The number of benzene rings is 1. The molecule has 1 heterocycles. The van der Waals surface area contributed by atoms with Crippen LogP contribution in [0.15, 0.2) is 23.2 Å². The maximum atomic E-state index is 10.7. The number of piperidine rings is 1. The normalized spacial score (nSPS) is 20.2. The molecular formula is C23H38N4O3. The molecule has 0 amide bonds. The summed E-state index contributed by atoms with van der Waals surface area (Å²) in [6.45, 7) is 5.41. The predicted molar refractivity (Wildman–Crippen MR) is 120 cm³/mol. The summed E-state index contributed by atoms with van der Waals surface area (Å²) in [5.74, 6) is 2.08. The third kappa shape index (κ3) is 6.01. The number of aliphatic hydroxyl groups excluding tert-OH is 1. The van der Waals surface area contributed by atoms with Gasteiger partial charge in [0.25, 0.3) is 0 Å². The first kappa shape index (κ1) is 22.7. The van der Waals surface area contributed by atoms with Gasteiger partial charge < -0.3 is 30.1 Å². The molecule has 168 valence electrons. The van der Waals surface area contributed by atoms with Gasteiger partial charge in [-0.05, 0) is 50.8 Å². The van der Waals surface area contributed by atoms with Gasteiger partial charge in [-0.25, -0.2) is 0 Å². The maximum Gasteiger partial charge on any atom is 0.191 e. The second-order valence-corrected chi connectivity index (χ2v) is 8.24. The van der Waals surface area contributed by atoms with Crippen LogP contribution in [0, 0.1) is 0 Å². The van der Waals surface area contributed by atoms with Crippen LogP contribution in [-0.2, 0) is 0 Å². The number of hydrogen-bond acceptors (Lipinski definition) is 5. The molecule has 1 aromatic rings. The summed E-state index contributed by atoms with van der Waals surface area (Å²) in [5.41, 5.74) is 0.682. The Balaban J connectivity index is 1.56. The Labute approximate surface area is 180 Å². The van der Waals surface area contributed by atoms with Crippen LogP contribution in [0.4, 0.5) is 0 Å². The number of ether oxygens (including phenoxy) is 2. The van der Waals surface area contributed by atoms with Gasteiger partial charge in [0.15, 0.2) is 5.96 Å². The maximum absolute atomic E-state index is 10.7. The fourth-order valence-corrected chi connectivity index (χ4v) is 4.57. The minimum absolute atomic E-state index is 0.250. The van der Waals surface area contributed by atoms with Gasteiger partial charge in [-0.15, -0.1) is 0 Å². The van der Waals surface area contributed by atoms with Gasteiger partial charge in [0.1, 0.15) is 17.6 Å². The van der Waals surface area contributed by atoms with Crippen molar-refractivity contribution in [2.24, 2.45) is 4.99 Å². The van der Waals surface area contributed by atoms with E-state index >= 15 is 0 Å². The summed E-state index contributed by atoms with van der Waals surface area (Å²) in [6.07, 6.45) is 7.01. The first-order chi connectivity index (χ1) is 14.6. The Bertz CT molecular complexity index is 683. The lowest BCUT2D eigenvalue weighted by Gasteiger charge is -2.36. The number of guanidine groups is 1. The average Bonchev–Trinajstić information content (AvgIpc) is 3.32. The fraction of sp³-hybridized carbons (Fsp3) is 0.696. The number of likely N-dealkylation sites (tertiary alicyclic amines) is 1. The summed E-state index contributed by atoms with van der Waals surface area (Å²) in [6, 6.07) is 6.66. The van der Waals surface area contributed by atoms with Crippen molar-refractivity contribution in [3.05, 3.63) is 23.8 Å². The summed E-state index contributed by atoms with van der Waals surface area (Å²) < 4.78 is 10.7. The van der Waals surface area contributed by atoms with E-state index in [9.17, 15) is 5.11 Å². The molecule has 0 spiro atoms. The smallest absolute Gasteiger partial charge is 0.191 e. The van der Waals surface area contributed by atoms with Crippen LogP contribution >= 0.6 is 0 Å². The zero-order valence-electron chi connectivity index (χ0n) is 18.7. The molecule has 30 heavy (non-hydrogen) atoms. The Morgan fingerprint density at radius 2 is 1.90 bits per heavy atom. The van der Waals surface area contributed by atoms with Crippen molar-refractivity contribution >= 4 is 5.96 Å². The fourth-order valence-electron chi connectivity index (χ4n) is 4.57. The van der Waals surface area contributed by atoms with E-state index in [4.69, 9.17) is 9.47 Å². The highest BCUT2D eigenvalue weighted by Crippen LogP contribution is 2.29. The third-order valence-electron chi connectivity index (χ3n) is 6.27. The van der Waals surface area contributed by atoms with Crippen LogP contribution in [0.25, 0.3) is 0 Å². The lowest BCUT2D eigenvalue weighted by Crippen LogP contribution is -2.50. The van der Waals surface area contributed by atoms with E-state index in [1.54, 1.807) is 20.3 Å². The van der Waals surface area contributed by atoms with Gasteiger partial charge in [0.05, 0.1) is 20.8 Å². The molecule has 7 heteroatoms. The molecule has 1 aliphatic carbocycles. The van der Waals surface area contributed by atoms with Crippen molar-refractivity contribution in [3.63, 3.8) is 0 Å². The molecule has 1 saturated carbocycles. The van der Waals surface area contributed by atoms with Gasteiger partial charge in [-0.2, -0.15) is 0 Å². The SMILES string of the molecule is CCNC(=NCC(O)c1cc(OC)ccc1OC)NC1CCN(C2CCCC2)CC1. The number of nitrogens with one attached hydrogen (secondary N) is 2. The molecule has 7 nitrogen and oxygen atoms in total. The van der Waals surface area contributed by atoms with Crippen molar-refractivity contribution in [3.8, 4) is 11.5 Å². The van der Waals surface area contributed by atoms with Gasteiger partial charge in [-0.3, -0.25) is 4.99 Å². The van der Waals surface area contributed by atoms with Gasteiger partial charge in [0, 0.05) is 37.3 Å². The number of nitrogens with zero attached hydrogens (tertiary/aromatic N) is 2. The molecule has 0 bridgehead atoms. The molecule has 1 atom stereocenters. The molecule has 3 rings (SSSR count). The first-order valence-electron chi connectivity index (χ1n) is 11.3. The zero-order chi connectivity index (χ0) is 21.3. The molecule has 1 unspecified atom stereocenters. The molecule has 1 aliphatic heterocycles. The van der Waals surface area contributed by atoms with E-state index < -0.39 is 6.10 Å². The quantitative estimate of drug-likeness (QED) is 0.445. The van der Waals surface area contributed by atoms with E-state index in [0.717, 1.165) is 44.5 Å². The Kier molecular flexibility index (Phi) is 8.63. The second kappa shape index (κ2) is 11.4. The van der Waals surface area contributed by atoms with Crippen LogP contribution in [-0.4, -0.2) is 68.4 Å². The molecule has 2 fully saturated rings. The molecule has 0 radical (unpaired) electrons. The van der Waals surface area contributed by atoms with Gasteiger partial charge >= 0.3 is 0 Å². The number of hydrogen-bond donors (Lipinski definition) is 3. The monoisotopic (exact) mass is 418 g/mol. The molecule has 3 N–H and O–H groups in total. The second-order valence-electron chi connectivity index (χ2n) is 8.24. The standard InChI is InChI=1S/C23H38N4O3/c1-4-24-23(26-17-11-13-27(14-12-17)18-7-5-6-8-18)25-16-21(28)20-15-19(29-2)9-10-22(20)30-3/h9-10,15,17-18,21,28H,4-8,11-14,16H2,1-3H3,(H2,24,25,26). The minimum Gasteiger partial charge on any atom is -0.497 e. The largest absolute Gasteiger partial charge is 0.497 e. The van der Waals surface area contributed by atoms with Crippen LogP contribution < -0.4 is 20.1 Å². The van der Waals surface area contributed by atoms with E-state index in [1.165, 1.54) is 25.7 Å². The zero-order valence-corrected chi connectivity index (χ0v) is 18.7. The van der Waals surface area contributed by atoms with E-state index in [1.807, 2.05) is 12.1 Å². The van der Waals surface area contributed by atoms with E-state index in [0.29, 0.717) is 23.1 Å². The van der Waals surface area contributed by atoms with Gasteiger partial charge in [0.2, 0.25) is 0 Å².